The normalized spacial score (nSPS) is 13.4. The molecule has 0 spiro atoms. The number of nitrogens with zero attached hydrogens (tertiary/aromatic N) is 1. The van der Waals surface area contributed by atoms with Crippen LogP contribution in [0.1, 0.15) is 25.0 Å². The molecule has 0 fully saturated rings. The average Bonchev–Trinajstić information content (AvgIpc) is 3.77. The molecule has 1 aliphatic rings. The van der Waals surface area contributed by atoms with E-state index in [4.69, 9.17) is 8.83 Å². The Kier molecular flexibility index (Phi) is 5.63. The van der Waals surface area contributed by atoms with Crippen molar-refractivity contribution in [2.45, 2.75) is 19.3 Å². The smallest absolute Gasteiger partial charge is 0.136 e. The molecule has 0 atom stereocenters. The number of hydrogen-bond donors (Lipinski definition) is 0. The van der Waals surface area contributed by atoms with E-state index in [2.05, 4.69) is 146 Å². The van der Waals surface area contributed by atoms with Crippen molar-refractivity contribution in [1.82, 2.24) is 0 Å². The number of para-hydroxylation sites is 3. The maximum atomic E-state index is 6.36. The van der Waals surface area contributed by atoms with Gasteiger partial charge in [-0.15, -0.1) is 0 Å². The van der Waals surface area contributed by atoms with Crippen LogP contribution in [-0.4, -0.2) is 0 Å². The van der Waals surface area contributed by atoms with Crippen LogP contribution in [0, 0.1) is 0 Å². The molecule has 3 nitrogen and oxygen atoms in total. The molecule has 0 radical (unpaired) electrons. The predicted molar refractivity (Wildman–Crippen MR) is 199 cm³/mol. The second-order valence-corrected chi connectivity index (χ2v) is 13.3. The zero-order valence-electron chi connectivity index (χ0n) is 26.7. The zero-order chi connectivity index (χ0) is 32.0. The van der Waals surface area contributed by atoms with Crippen LogP contribution < -0.4 is 4.90 Å². The molecular formula is C45H31NO2. The Morgan fingerprint density at radius 1 is 0.438 bits per heavy atom. The van der Waals surface area contributed by atoms with E-state index >= 15 is 0 Å². The number of fused-ring (bicyclic) bond motifs is 9. The van der Waals surface area contributed by atoms with Crippen molar-refractivity contribution in [3.05, 3.63) is 163 Å². The van der Waals surface area contributed by atoms with Crippen molar-refractivity contribution in [3.63, 3.8) is 0 Å². The Morgan fingerprint density at radius 3 is 1.90 bits per heavy atom. The first-order valence-corrected chi connectivity index (χ1v) is 16.5. The van der Waals surface area contributed by atoms with Gasteiger partial charge in [0.2, 0.25) is 0 Å². The Hall–Kier alpha value is -6.06. The van der Waals surface area contributed by atoms with Gasteiger partial charge in [-0.3, -0.25) is 0 Å². The van der Waals surface area contributed by atoms with Crippen LogP contribution in [0.2, 0.25) is 0 Å². The molecule has 2 aromatic heterocycles. The van der Waals surface area contributed by atoms with Crippen molar-refractivity contribution in [2.75, 3.05) is 4.90 Å². The summed E-state index contributed by atoms with van der Waals surface area (Å²) in [6, 6.07) is 54.1. The highest BCUT2D eigenvalue weighted by molar-refractivity contribution is 6.14. The molecule has 0 unspecified atom stereocenters. The summed E-state index contributed by atoms with van der Waals surface area (Å²) in [5, 5.41) is 4.46. The molecule has 0 N–H and O–H groups in total. The second kappa shape index (κ2) is 9.97. The first-order valence-electron chi connectivity index (χ1n) is 16.5. The third-order valence-electron chi connectivity index (χ3n) is 10.3. The van der Waals surface area contributed by atoms with E-state index in [0.29, 0.717) is 0 Å². The Bertz CT molecular complexity index is 2730. The van der Waals surface area contributed by atoms with Gasteiger partial charge in [0.15, 0.2) is 0 Å². The largest absolute Gasteiger partial charge is 0.456 e. The van der Waals surface area contributed by atoms with Crippen LogP contribution in [0.25, 0.3) is 66.1 Å². The van der Waals surface area contributed by atoms with Crippen LogP contribution in [0.5, 0.6) is 0 Å². The van der Waals surface area contributed by atoms with Crippen molar-refractivity contribution in [2.24, 2.45) is 0 Å². The minimum atomic E-state index is -0.126. The molecule has 2 heterocycles. The first-order chi connectivity index (χ1) is 23.6. The highest BCUT2D eigenvalue weighted by Gasteiger charge is 2.38. The maximum Gasteiger partial charge on any atom is 0.136 e. The van der Waals surface area contributed by atoms with Crippen LogP contribution in [0.15, 0.2) is 160 Å². The van der Waals surface area contributed by atoms with E-state index in [1.54, 1.807) is 0 Å². The monoisotopic (exact) mass is 617 g/mol. The first kappa shape index (κ1) is 27.1. The molecule has 1 aliphatic carbocycles. The van der Waals surface area contributed by atoms with E-state index in [0.717, 1.165) is 72.1 Å². The Labute approximate surface area is 278 Å². The topological polar surface area (TPSA) is 29.5 Å². The second-order valence-electron chi connectivity index (χ2n) is 13.3. The molecule has 228 valence electrons. The van der Waals surface area contributed by atoms with Crippen LogP contribution >= 0.6 is 0 Å². The summed E-state index contributed by atoms with van der Waals surface area (Å²) in [5.74, 6) is 0. The maximum absolute atomic E-state index is 6.36. The van der Waals surface area contributed by atoms with Gasteiger partial charge >= 0.3 is 0 Å². The lowest BCUT2D eigenvalue weighted by Gasteiger charge is -2.30. The van der Waals surface area contributed by atoms with E-state index in [-0.39, 0.29) is 5.41 Å². The van der Waals surface area contributed by atoms with Crippen LogP contribution in [0.4, 0.5) is 17.1 Å². The zero-order valence-corrected chi connectivity index (χ0v) is 26.7. The number of hydrogen-bond acceptors (Lipinski definition) is 3. The van der Waals surface area contributed by atoms with E-state index in [1.165, 1.54) is 22.3 Å². The molecule has 9 aromatic rings. The van der Waals surface area contributed by atoms with Gasteiger partial charge in [0.25, 0.3) is 0 Å². The summed E-state index contributed by atoms with van der Waals surface area (Å²) in [6.07, 6.45) is 0. The Balaban J connectivity index is 1.30. The molecule has 10 rings (SSSR count). The van der Waals surface area contributed by atoms with Gasteiger partial charge in [0, 0.05) is 43.8 Å². The molecule has 0 bridgehead atoms. The van der Waals surface area contributed by atoms with Gasteiger partial charge < -0.3 is 13.7 Å². The Morgan fingerprint density at radius 2 is 1.02 bits per heavy atom. The summed E-state index contributed by atoms with van der Waals surface area (Å²) < 4.78 is 12.7. The lowest BCUT2D eigenvalue weighted by molar-refractivity contribution is 0.660. The predicted octanol–water partition coefficient (Wildman–Crippen LogP) is 12.9. The summed E-state index contributed by atoms with van der Waals surface area (Å²) in [4.78, 5) is 2.45. The third kappa shape index (κ3) is 3.76. The van der Waals surface area contributed by atoms with E-state index in [9.17, 15) is 0 Å². The number of rotatable bonds is 4. The highest BCUT2D eigenvalue weighted by atomic mass is 16.3. The summed E-state index contributed by atoms with van der Waals surface area (Å²) >= 11 is 0. The quantitative estimate of drug-likeness (QED) is 0.197. The fourth-order valence-corrected chi connectivity index (χ4v) is 8.08. The average molecular weight is 618 g/mol. The molecule has 0 saturated heterocycles. The minimum absolute atomic E-state index is 0.126. The number of furan rings is 2. The lowest BCUT2D eigenvalue weighted by atomic mass is 9.82. The molecule has 3 heteroatoms. The molecule has 0 aliphatic heterocycles. The molecule has 0 amide bonds. The van der Waals surface area contributed by atoms with E-state index < -0.39 is 0 Å². The van der Waals surface area contributed by atoms with Gasteiger partial charge in [0.1, 0.15) is 22.3 Å². The van der Waals surface area contributed by atoms with Gasteiger partial charge in [-0.05, 0) is 70.8 Å². The van der Waals surface area contributed by atoms with Crippen molar-refractivity contribution in [3.8, 4) is 22.3 Å². The fraction of sp³-hybridized carbons (Fsp3) is 0.0667. The fourth-order valence-electron chi connectivity index (χ4n) is 8.08. The highest BCUT2D eigenvalue weighted by Crippen LogP contribution is 2.55. The van der Waals surface area contributed by atoms with Crippen molar-refractivity contribution in [1.29, 1.82) is 0 Å². The lowest BCUT2D eigenvalue weighted by Crippen LogP contribution is -2.16. The summed E-state index contributed by atoms with van der Waals surface area (Å²) in [7, 11) is 0. The number of benzene rings is 7. The van der Waals surface area contributed by atoms with Gasteiger partial charge in [-0.1, -0.05) is 117 Å². The van der Waals surface area contributed by atoms with Crippen LogP contribution in [-0.2, 0) is 5.41 Å². The third-order valence-corrected chi connectivity index (χ3v) is 10.3. The summed E-state index contributed by atoms with van der Waals surface area (Å²) in [6.45, 7) is 4.68. The van der Waals surface area contributed by atoms with Crippen LogP contribution in [0.3, 0.4) is 0 Å². The summed E-state index contributed by atoms with van der Waals surface area (Å²) in [5.41, 5.74) is 14.3. The van der Waals surface area contributed by atoms with Gasteiger partial charge in [-0.2, -0.15) is 0 Å². The number of anilines is 3. The van der Waals surface area contributed by atoms with Crippen molar-refractivity contribution < 1.29 is 8.83 Å². The molecule has 7 aromatic carbocycles. The van der Waals surface area contributed by atoms with Crippen molar-refractivity contribution >= 4 is 60.9 Å². The SMILES string of the molecule is CC1(C)c2ccccc2-c2c(N(c3ccc4oc5ccccc5c4c3)c3ccccc3-c3cccc4oc5ccccc5c34)cccc21. The molecule has 0 saturated carbocycles. The van der Waals surface area contributed by atoms with Gasteiger partial charge in [-0.25, -0.2) is 0 Å². The molecule has 48 heavy (non-hydrogen) atoms. The minimum Gasteiger partial charge on any atom is -0.456 e. The van der Waals surface area contributed by atoms with Gasteiger partial charge in [0.05, 0.1) is 11.4 Å². The van der Waals surface area contributed by atoms with E-state index in [1.807, 2.05) is 24.3 Å². The molecular weight excluding hydrogens is 587 g/mol. The standard InChI is InChI=1S/C45H31NO2/c1-45(2)35-18-7-3-15-32(35)44-36(45)19-12-21-38(44)46(28-25-26-41-34(27-28)30-14-5-9-22-39(30)47-41)37-20-8-4-13-29(37)31-17-11-24-42-43(31)33-16-6-10-23-40(33)48-42/h3-27H,1-2H3.